The maximum Gasteiger partial charge on any atom is 0.340 e. The summed E-state index contributed by atoms with van der Waals surface area (Å²) in [4.78, 5) is 49.9. The number of carboxylic acids is 1. The summed E-state index contributed by atoms with van der Waals surface area (Å²) in [6.07, 6.45) is 1.87. The van der Waals surface area contributed by atoms with Gasteiger partial charge in [-0.2, -0.15) is 0 Å². The Hall–Kier alpha value is -3.80. The number of benzene rings is 3. The van der Waals surface area contributed by atoms with Crippen molar-refractivity contribution in [2.45, 2.75) is 0 Å². The van der Waals surface area contributed by atoms with Gasteiger partial charge in [-0.3, -0.25) is 14.4 Å². The van der Waals surface area contributed by atoms with Crippen molar-refractivity contribution in [2.75, 3.05) is 0 Å². The largest absolute Gasteiger partial charge is 0.507 e. The van der Waals surface area contributed by atoms with E-state index in [1.54, 1.807) is 24.3 Å². The summed E-state index contributed by atoms with van der Waals surface area (Å²) in [6.45, 7) is 0. The summed E-state index contributed by atoms with van der Waals surface area (Å²) in [7, 11) is 0. The molecule has 0 saturated heterocycles. The second-order valence-corrected chi connectivity index (χ2v) is 5.88. The van der Waals surface area contributed by atoms with Gasteiger partial charge in [-0.15, -0.1) is 0 Å². The van der Waals surface area contributed by atoms with Crippen LogP contribution in [0.1, 0.15) is 0 Å². The molecule has 26 heavy (non-hydrogen) atoms. The normalized spacial score (nSPS) is 14.6. The molecular formula is C20H10O6. The number of hydrogen-bond donors (Lipinski definition) is 2. The van der Waals surface area contributed by atoms with Gasteiger partial charge in [-0.25, -0.2) is 4.79 Å². The van der Waals surface area contributed by atoms with Crippen LogP contribution in [0.25, 0.3) is 27.1 Å². The molecule has 3 aromatic rings. The van der Waals surface area contributed by atoms with E-state index in [-0.39, 0.29) is 10.8 Å². The summed E-state index contributed by atoms with van der Waals surface area (Å²) in [5.74, 6) is -3.10. The molecule has 126 valence electrons. The first-order chi connectivity index (χ1) is 12.4. The van der Waals surface area contributed by atoms with E-state index in [1.807, 2.05) is 0 Å². The Morgan fingerprint density at radius 2 is 1.42 bits per heavy atom. The minimum absolute atomic E-state index is 0.215. The molecule has 1 aliphatic carbocycles. The van der Waals surface area contributed by atoms with Crippen molar-refractivity contribution in [3.05, 3.63) is 85.5 Å². The minimum atomic E-state index is -1.60. The van der Waals surface area contributed by atoms with Gasteiger partial charge in [-0.1, -0.05) is 36.4 Å². The second-order valence-electron chi connectivity index (χ2n) is 5.88. The van der Waals surface area contributed by atoms with E-state index in [4.69, 9.17) is 0 Å². The first-order valence-electron chi connectivity index (χ1n) is 7.66. The molecule has 0 atom stereocenters. The van der Waals surface area contributed by atoms with Crippen LogP contribution in [-0.4, -0.2) is 22.0 Å². The molecule has 0 amide bonds. The molecule has 0 heterocycles. The molecule has 6 nitrogen and oxygen atoms in total. The van der Waals surface area contributed by atoms with Crippen LogP contribution in [0, 0.1) is 0 Å². The zero-order valence-corrected chi connectivity index (χ0v) is 13.1. The van der Waals surface area contributed by atoms with Crippen molar-refractivity contribution in [3.8, 4) is 0 Å². The fourth-order valence-corrected chi connectivity index (χ4v) is 3.36. The monoisotopic (exact) mass is 346 g/mol. The van der Waals surface area contributed by atoms with Crippen LogP contribution >= 0.6 is 0 Å². The summed E-state index contributed by atoms with van der Waals surface area (Å²) >= 11 is 0. The number of rotatable bonds is 1. The molecule has 0 radical (unpaired) electrons. The Labute approximate surface area is 144 Å². The summed E-state index contributed by atoms with van der Waals surface area (Å²) in [5, 5.41) is 20.3. The molecule has 0 spiro atoms. The van der Waals surface area contributed by atoms with E-state index in [0.717, 1.165) is 12.2 Å². The predicted molar refractivity (Wildman–Crippen MR) is 95.2 cm³/mol. The molecule has 2 N–H and O–H groups in total. The lowest BCUT2D eigenvalue weighted by molar-refractivity contribution is -0.132. The quantitative estimate of drug-likeness (QED) is 0.682. The van der Waals surface area contributed by atoms with Gasteiger partial charge in [0.2, 0.25) is 0 Å². The molecular weight excluding hydrogens is 336 g/mol. The average molecular weight is 346 g/mol. The molecule has 1 aliphatic rings. The Kier molecular flexibility index (Phi) is 3.23. The highest BCUT2D eigenvalue weighted by molar-refractivity contribution is 6.33. The number of hydrogen-bond acceptors (Lipinski definition) is 5. The van der Waals surface area contributed by atoms with Gasteiger partial charge in [0.25, 0.3) is 0 Å². The third kappa shape index (κ3) is 1.99. The number of carboxylic acid groups (broad SMARTS) is 1. The lowest BCUT2D eigenvalue weighted by atomic mass is 9.90. The van der Waals surface area contributed by atoms with Gasteiger partial charge in [0, 0.05) is 16.2 Å². The molecule has 4 rings (SSSR count). The number of aliphatic hydroxyl groups is 1. The summed E-state index contributed by atoms with van der Waals surface area (Å²) < 4.78 is 0. The highest BCUT2D eigenvalue weighted by Crippen LogP contribution is 2.23. The van der Waals surface area contributed by atoms with Crippen molar-refractivity contribution < 1.29 is 19.8 Å². The second kappa shape index (κ2) is 5.35. The molecule has 0 bridgehead atoms. The molecule has 0 saturated carbocycles. The number of aliphatic hydroxyl groups excluding tert-OH is 1. The lowest BCUT2D eigenvalue weighted by Crippen LogP contribution is -2.43. The highest BCUT2D eigenvalue weighted by Gasteiger charge is 2.29. The van der Waals surface area contributed by atoms with Gasteiger partial charge >= 0.3 is 5.97 Å². The Bertz CT molecular complexity index is 1300. The van der Waals surface area contributed by atoms with Gasteiger partial charge in [0.15, 0.2) is 16.6 Å². The van der Waals surface area contributed by atoms with Crippen molar-refractivity contribution in [1.82, 2.24) is 0 Å². The van der Waals surface area contributed by atoms with E-state index >= 15 is 0 Å². The summed E-state index contributed by atoms with van der Waals surface area (Å²) in [6, 6.07) is 9.84. The van der Waals surface area contributed by atoms with E-state index in [0.29, 0.717) is 10.8 Å². The molecule has 3 aromatic carbocycles. The van der Waals surface area contributed by atoms with Gasteiger partial charge < -0.3 is 10.2 Å². The maximum absolute atomic E-state index is 13.0. The Morgan fingerprint density at radius 3 is 1.96 bits per heavy atom. The van der Waals surface area contributed by atoms with E-state index < -0.39 is 44.7 Å². The van der Waals surface area contributed by atoms with Gasteiger partial charge in [0.1, 0.15) is 11.3 Å². The highest BCUT2D eigenvalue weighted by atomic mass is 16.4. The number of carbonyl (C=O) groups excluding carboxylic acids is 1. The van der Waals surface area contributed by atoms with Crippen LogP contribution in [0.15, 0.2) is 69.5 Å². The first-order valence-corrected chi connectivity index (χ1v) is 7.66. The number of carbonyl (C=O) groups is 2. The lowest BCUT2D eigenvalue weighted by Gasteiger charge is -2.11. The van der Waals surface area contributed by atoms with Gasteiger partial charge in [-0.05, 0) is 17.5 Å². The topological polar surface area (TPSA) is 109 Å². The molecule has 0 unspecified atom stereocenters. The third-order valence-corrected chi connectivity index (χ3v) is 4.46. The number of allylic oxidation sites excluding steroid dienone is 2. The van der Waals surface area contributed by atoms with Gasteiger partial charge in [0.05, 0.1) is 10.8 Å². The van der Waals surface area contributed by atoms with Crippen molar-refractivity contribution in [2.24, 2.45) is 0 Å². The zero-order chi connectivity index (χ0) is 18.6. The Balaban J connectivity index is 2.38. The fourth-order valence-electron chi connectivity index (χ4n) is 3.36. The van der Waals surface area contributed by atoms with E-state index in [1.165, 1.54) is 12.1 Å². The number of ketones is 1. The number of aliphatic carboxylic acids is 1. The van der Waals surface area contributed by atoms with Crippen molar-refractivity contribution in [1.29, 1.82) is 0 Å². The summed E-state index contributed by atoms with van der Waals surface area (Å²) in [5.41, 5.74) is -2.80. The van der Waals surface area contributed by atoms with Crippen molar-refractivity contribution in [3.63, 3.8) is 0 Å². The molecule has 0 fully saturated rings. The predicted octanol–water partition coefficient (Wildman–Crippen LogP) is 1.06. The van der Waals surface area contributed by atoms with Crippen LogP contribution in [0.3, 0.4) is 0 Å². The SMILES string of the molecule is O=C(O)C1=C(O)C=CC(=O)C1=c1c(=O)c2cccc3cccc(c1=O)c32. The van der Waals surface area contributed by atoms with Crippen molar-refractivity contribution >= 4 is 38.9 Å². The fraction of sp³-hybridized carbons (Fsp3) is 0. The van der Waals surface area contributed by atoms with Crippen LogP contribution in [-0.2, 0) is 9.59 Å². The smallest absolute Gasteiger partial charge is 0.340 e. The molecule has 0 aliphatic heterocycles. The maximum atomic E-state index is 13.0. The Morgan fingerprint density at radius 1 is 0.846 bits per heavy atom. The minimum Gasteiger partial charge on any atom is -0.507 e. The first kappa shape index (κ1) is 15.7. The molecule has 6 heteroatoms. The van der Waals surface area contributed by atoms with E-state index in [9.17, 15) is 29.4 Å². The molecule has 0 aromatic heterocycles. The average Bonchev–Trinajstić information content (AvgIpc) is 2.62. The van der Waals surface area contributed by atoms with Crippen LogP contribution < -0.4 is 16.1 Å². The standard InChI is InChI=1S/C20H10O6/c21-12-7-8-13(22)16(20(25)26)15(12)17-18(23)10-5-1-3-9-4-2-6-11(14(9)10)19(17)24/h1-8,22H,(H,25,26). The van der Waals surface area contributed by atoms with E-state index in [2.05, 4.69) is 0 Å². The van der Waals surface area contributed by atoms with Crippen LogP contribution in [0.2, 0.25) is 0 Å². The third-order valence-electron chi connectivity index (χ3n) is 4.46. The van der Waals surface area contributed by atoms with Crippen LogP contribution in [0.5, 0.6) is 0 Å². The zero-order valence-electron chi connectivity index (χ0n) is 13.1. The van der Waals surface area contributed by atoms with Crippen LogP contribution in [0.4, 0.5) is 0 Å².